The first-order valence-corrected chi connectivity index (χ1v) is 45.2. The van der Waals surface area contributed by atoms with Crippen molar-refractivity contribution >= 4 is 145 Å². The van der Waals surface area contributed by atoms with Crippen molar-refractivity contribution in [2.75, 3.05) is 18.5 Å². The number of thiophene rings is 2. The van der Waals surface area contributed by atoms with E-state index in [0.717, 1.165) is 97.6 Å². The number of carbonyl (C=O) groups is 12. The summed E-state index contributed by atoms with van der Waals surface area (Å²) in [6.45, 7) is 13.7. The van der Waals surface area contributed by atoms with Crippen LogP contribution in [0.4, 0.5) is 28.4 Å². The Morgan fingerprint density at radius 1 is 0.459 bits per heavy atom. The highest BCUT2D eigenvalue weighted by Crippen LogP contribution is 2.44. The first kappa shape index (κ1) is 89.9. The third-order valence-electron chi connectivity index (χ3n) is 23.9. The molecule has 2 saturated heterocycles. The minimum Gasteiger partial charge on any atom is -0.485 e. The third kappa shape index (κ3) is 19.2. The average molecular weight is 1840 g/mol. The SMILES string of the molecule is Cc1ccc(C2=N[C@@H](CC(=O)Cc3ccc(N=Nc4ccc(CCC(=O)COc5cccc6c5C(=O)N(C5CCC(=O)NC5=O)C6=O)cc4)cc3)c3nnc(C)n3-c3sc(C)c(C)c32)cc1.Cc1sc2c(c1C)C(c1ccc(Cl)cc1)=N[C@@H](CC(=O)Nc1ccc(N=Nc3ccc(CCCC(=O)COc4cccc5c4C(=O)N(C4CCC(=O)NC4=O)C5=O)cc3)cc1)c1nnc(C)n1-2. The van der Waals surface area contributed by atoms with E-state index in [4.69, 9.17) is 31.1 Å². The summed E-state index contributed by atoms with van der Waals surface area (Å²) in [5.41, 5.74) is 14.9. The van der Waals surface area contributed by atoms with Gasteiger partial charge in [-0.2, -0.15) is 20.5 Å². The van der Waals surface area contributed by atoms with E-state index in [2.05, 4.69) is 120 Å². The van der Waals surface area contributed by atoms with Crippen LogP contribution in [0.1, 0.15) is 200 Å². The van der Waals surface area contributed by atoms with Crippen molar-refractivity contribution in [3.05, 3.63) is 298 Å². The smallest absolute Gasteiger partial charge is 0.266 e. The van der Waals surface area contributed by atoms with E-state index in [1.165, 1.54) is 29.1 Å². The van der Waals surface area contributed by atoms with Gasteiger partial charge in [0.15, 0.2) is 23.2 Å². The van der Waals surface area contributed by atoms with Gasteiger partial charge in [0, 0.05) is 81.2 Å². The van der Waals surface area contributed by atoms with Crippen LogP contribution in [0.2, 0.25) is 5.02 Å². The van der Waals surface area contributed by atoms with Crippen molar-refractivity contribution in [2.45, 2.75) is 150 Å². The quantitative estimate of drug-likeness (QED) is 0.0303. The minimum atomic E-state index is -1.10. The first-order chi connectivity index (χ1) is 64.1. The monoisotopic (exact) mass is 1840 g/mol. The van der Waals surface area contributed by atoms with Crippen molar-refractivity contribution in [3.63, 3.8) is 0 Å². The highest BCUT2D eigenvalue weighted by atomic mass is 35.5. The predicted molar refractivity (Wildman–Crippen MR) is 495 cm³/mol. The number of piperidine rings is 2. The van der Waals surface area contributed by atoms with E-state index >= 15 is 0 Å². The number of hydrogen-bond acceptors (Lipinski definition) is 26. The lowest BCUT2D eigenvalue weighted by Crippen LogP contribution is -2.54. The maximum Gasteiger partial charge on any atom is 0.266 e. The minimum absolute atomic E-state index is 0.00360. The van der Waals surface area contributed by atoms with E-state index in [-0.39, 0.29) is 128 Å². The highest BCUT2D eigenvalue weighted by molar-refractivity contribution is 7.15. The number of carbonyl (C=O) groups excluding carboxylic acids is 12. The maximum absolute atomic E-state index is 13.7. The van der Waals surface area contributed by atoms with Crippen LogP contribution in [0, 0.1) is 48.5 Å². The van der Waals surface area contributed by atoms with Gasteiger partial charge in [-0.1, -0.05) is 102 Å². The van der Waals surface area contributed by atoms with Gasteiger partial charge < -0.3 is 14.8 Å². The number of ether oxygens (including phenoxy) is 2. The Balaban J connectivity index is 0.000000185. The number of hydrogen-bond donors (Lipinski definition) is 3. The van der Waals surface area contributed by atoms with Gasteiger partial charge in [0.1, 0.15) is 76.3 Å². The summed E-state index contributed by atoms with van der Waals surface area (Å²) < 4.78 is 15.5. The number of aliphatic imine (C=N–C) groups is 2. The van der Waals surface area contributed by atoms with Crippen molar-refractivity contribution in [1.29, 1.82) is 0 Å². The van der Waals surface area contributed by atoms with Gasteiger partial charge in [-0.15, -0.1) is 43.1 Å². The molecule has 0 radical (unpaired) electrons. The van der Waals surface area contributed by atoms with Crippen molar-refractivity contribution in [2.24, 2.45) is 30.4 Å². The molecule has 4 atom stereocenters. The third-order valence-corrected chi connectivity index (χ3v) is 26.5. The molecule has 10 heterocycles. The van der Waals surface area contributed by atoms with Crippen LogP contribution in [-0.2, 0) is 57.6 Å². The second-order valence-electron chi connectivity index (χ2n) is 33.0. The molecule has 6 aliphatic rings. The normalized spacial score (nSPS) is 16.7. The fraction of sp³-hybridized carbons (Fsp3) is 0.253. The van der Waals surface area contributed by atoms with E-state index in [9.17, 15) is 57.5 Å². The molecule has 133 heavy (non-hydrogen) atoms. The number of amides is 9. The summed E-state index contributed by atoms with van der Waals surface area (Å²) in [7, 11) is 0. The second kappa shape index (κ2) is 38.5. The molecule has 0 saturated carbocycles. The molecule has 12 aromatic rings. The van der Waals surface area contributed by atoms with Gasteiger partial charge in [0.05, 0.1) is 62.8 Å². The zero-order valence-electron chi connectivity index (χ0n) is 73.2. The number of aryl methyl sites for hydroxylation is 7. The number of azo groups is 2. The molecular formula is C99H86ClN17O14S2. The Labute approximate surface area is 775 Å². The van der Waals surface area contributed by atoms with Gasteiger partial charge in [-0.3, -0.25) is 97.1 Å². The van der Waals surface area contributed by atoms with Crippen LogP contribution in [0.25, 0.3) is 10.0 Å². The van der Waals surface area contributed by atoms with Crippen molar-refractivity contribution < 1.29 is 67.0 Å². The zero-order valence-corrected chi connectivity index (χ0v) is 75.6. The molecule has 6 aliphatic heterocycles. The number of ketones is 3. The van der Waals surface area contributed by atoms with Crippen molar-refractivity contribution in [1.82, 2.24) is 50.0 Å². The van der Waals surface area contributed by atoms with Gasteiger partial charge >= 0.3 is 0 Å². The summed E-state index contributed by atoms with van der Waals surface area (Å²) in [5, 5.41) is 45.3. The average Bonchev–Trinajstić information content (AvgIpc) is 1.71. The predicted octanol–water partition coefficient (Wildman–Crippen LogP) is 16.7. The molecule has 0 spiro atoms. The summed E-state index contributed by atoms with van der Waals surface area (Å²) in [4.78, 5) is 168. The Kier molecular flexibility index (Phi) is 26.0. The van der Waals surface area contributed by atoms with Crippen LogP contribution in [0.15, 0.2) is 212 Å². The second-order valence-corrected chi connectivity index (χ2v) is 35.9. The Hall–Kier alpha value is -15.1. The molecule has 18 rings (SSSR count). The summed E-state index contributed by atoms with van der Waals surface area (Å²) >= 11 is 9.58. The fourth-order valence-corrected chi connectivity index (χ4v) is 19.2. The zero-order chi connectivity index (χ0) is 93.2. The molecule has 9 amide bonds. The maximum atomic E-state index is 13.7. The largest absolute Gasteiger partial charge is 0.485 e. The number of imide groups is 4. The summed E-state index contributed by atoms with van der Waals surface area (Å²) in [6.07, 6.45) is 2.49. The number of rotatable bonds is 28. The molecule has 34 heteroatoms. The summed E-state index contributed by atoms with van der Waals surface area (Å²) in [5.74, 6) is -2.79. The first-order valence-electron chi connectivity index (χ1n) is 43.2. The van der Waals surface area contributed by atoms with Crippen LogP contribution >= 0.6 is 34.3 Å². The Morgan fingerprint density at radius 2 is 0.880 bits per heavy atom. The Bertz CT molecular complexity index is 6890. The number of nitrogens with zero attached hydrogens (tertiary/aromatic N) is 14. The number of benzene rings is 8. The van der Waals surface area contributed by atoms with Crippen molar-refractivity contribution in [3.8, 4) is 21.5 Å². The molecule has 31 nitrogen and oxygen atoms in total. The Morgan fingerprint density at radius 3 is 1.34 bits per heavy atom. The van der Waals surface area contributed by atoms with Crippen LogP contribution in [0.3, 0.4) is 0 Å². The molecule has 0 aliphatic carbocycles. The van der Waals surface area contributed by atoms with Gasteiger partial charge in [0.25, 0.3) is 23.6 Å². The van der Waals surface area contributed by atoms with E-state index in [1.54, 1.807) is 71.2 Å². The standard InChI is InChI=1S/C50H44N8O7S.C49H42ClN9O7S/c1-27-8-15-33(16-9-27)45-43-28(2)29(3)66-50(43)57-30(4)53-56-46(57)39(51-45)25-37(60)24-32-12-19-35(20-13-32)55-54-34-17-10-31(11-18-34)14-21-36(59)26-65-41-7-5-6-38-44(41)49(64)58(48(38)63)40-22-23-42(61)52-47(40)62;1-26-27(2)67-49-42(26)44(30-12-14-31(50)15-13-30)52-37(45-57-54-28(3)58(45)49)24-41(62)51-32-18-20-34(21-19-32)56-55-33-16-10-29(11-17-33)6-4-7-35(60)25-66-39-9-5-8-36-43(39)48(65)59(47(36)64)38-22-23-40(61)53-46(38)63/h5-13,15-20,39-40H,14,21-26H2,1-4H3,(H,52,61,62);5,8-21,37-38H,4,6-7,22-25H2,1-3H3,(H,51,62)(H,53,61,63)/t39-,40?;37-,38?/m00/s1. The van der Waals surface area contributed by atoms with E-state index in [0.29, 0.717) is 70.2 Å². The molecule has 3 N–H and O–H groups in total. The number of halogens is 1. The van der Waals surface area contributed by atoms with Crippen LogP contribution in [-0.4, -0.2) is 147 Å². The number of fused-ring (bicyclic) bond motifs is 8. The fourth-order valence-electron chi connectivity index (χ4n) is 16.7. The molecule has 2 unspecified atom stereocenters. The van der Waals surface area contributed by atoms with E-state index < -0.39 is 71.4 Å². The lowest BCUT2D eigenvalue weighted by Gasteiger charge is -2.27. The lowest BCUT2D eigenvalue weighted by atomic mass is 9.98. The van der Waals surface area contributed by atoms with E-state index in [1.807, 2.05) is 103 Å². The van der Waals surface area contributed by atoms with Gasteiger partial charge in [-0.25, -0.2) is 0 Å². The summed E-state index contributed by atoms with van der Waals surface area (Å²) in [6, 6.07) is 50.9. The number of aromatic nitrogens is 6. The molecule has 0 bridgehead atoms. The van der Waals surface area contributed by atoms with Crippen LogP contribution in [0.5, 0.6) is 11.5 Å². The lowest BCUT2D eigenvalue weighted by molar-refractivity contribution is -0.137. The number of anilines is 1. The topological polar surface area (TPSA) is 401 Å². The van der Waals surface area contributed by atoms with Crippen LogP contribution < -0.4 is 25.4 Å². The number of nitrogens with one attached hydrogen (secondary N) is 3. The molecular weight excluding hydrogens is 1750 g/mol. The molecule has 8 aromatic carbocycles. The molecule has 2 fully saturated rings. The number of Topliss-reactive ketones (excluding diaryl/α,β-unsaturated/α-hetero) is 3. The molecule has 670 valence electrons. The molecule has 4 aromatic heterocycles. The highest BCUT2D eigenvalue weighted by Gasteiger charge is 2.48. The van der Waals surface area contributed by atoms with Gasteiger partial charge in [-0.05, 0) is 205 Å². The van der Waals surface area contributed by atoms with Gasteiger partial charge in [0.2, 0.25) is 29.5 Å².